The average molecular weight is 318 g/mol. The molecule has 0 unspecified atom stereocenters. The van der Waals surface area contributed by atoms with Crippen LogP contribution in [0.1, 0.15) is 12.1 Å². The lowest BCUT2D eigenvalue weighted by Gasteiger charge is -2.18. The Morgan fingerprint density at radius 1 is 1.29 bits per heavy atom. The maximum absolute atomic E-state index is 10.8. The van der Waals surface area contributed by atoms with Crippen molar-refractivity contribution in [2.24, 2.45) is 0 Å². The molecule has 0 fully saturated rings. The minimum Gasteiger partial charge on any atom is -0.481 e. The number of hydrogen-bond donors (Lipinski definition) is 1. The van der Waals surface area contributed by atoms with E-state index in [4.69, 9.17) is 5.11 Å². The van der Waals surface area contributed by atoms with Crippen molar-refractivity contribution in [2.75, 3.05) is 11.5 Å². The van der Waals surface area contributed by atoms with Crippen molar-refractivity contribution in [1.82, 2.24) is 9.97 Å². The van der Waals surface area contributed by atoms with E-state index in [1.807, 2.05) is 30.3 Å². The molecular formula is C15H14N2O2S2. The molecular weight excluding hydrogens is 304 g/mol. The summed E-state index contributed by atoms with van der Waals surface area (Å²) in [6, 6.07) is 9.82. The second-order valence-electron chi connectivity index (χ2n) is 4.63. The monoisotopic (exact) mass is 318 g/mol. The molecule has 0 saturated heterocycles. The molecule has 0 saturated carbocycles. The molecule has 1 aliphatic rings. The van der Waals surface area contributed by atoms with Gasteiger partial charge in [-0.15, -0.1) is 11.8 Å². The summed E-state index contributed by atoms with van der Waals surface area (Å²) in [5.41, 5.74) is 2.01. The summed E-state index contributed by atoms with van der Waals surface area (Å²) in [6.45, 7) is 0. The van der Waals surface area contributed by atoms with Gasteiger partial charge in [-0.05, 0) is 18.6 Å². The van der Waals surface area contributed by atoms with Gasteiger partial charge < -0.3 is 5.11 Å². The third-order valence-electron chi connectivity index (χ3n) is 3.07. The van der Waals surface area contributed by atoms with E-state index in [0.29, 0.717) is 5.82 Å². The highest BCUT2D eigenvalue weighted by Crippen LogP contribution is 2.37. The summed E-state index contributed by atoms with van der Waals surface area (Å²) in [6.07, 6.45) is 2.04. The summed E-state index contributed by atoms with van der Waals surface area (Å²) < 4.78 is 0. The Morgan fingerprint density at radius 3 is 2.86 bits per heavy atom. The number of carbonyl (C=O) groups is 1. The number of nitrogens with zero attached hydrogens (tertiary/aromatic N) is 2. The Morgan fingerprint density at radius 2 is 2.10 bits per heavy atom. The number of carboxylic acids is 1. The standard InChI is InChI=1S/C15H14N2O2S2/c18-12(19)9-21-15-13-11(7-4-8-20-13)16-14(17-15)10-5-2-1-3-6-10/h1-3,5-6H,4,7-9H2,(H,18,19). The van der Waals surface area contributed by atoms with Crippen LogP contribution in [0.3, 0.4) is 0 Å². The van der Waals surface area contributed by atoms with Crippen LogP contribution in [0.25, 0.3) is 11.4 Å². The lowest BCUT2D eigenvalue weighted by molar-refractivity contribution is -0.133. The number of hydrogen-bond acceptors (Lipinski definition) is 5. The lowest BCUT2D eigenvalue weighted by atomic mass is 10.2. The molecule has 1 aliphatic heterocycles. The Kier molecular flexibility index (Phi) is 4.45. The maximum atomic E-state index is 10.8. The number of aromatic nitrogens is 2. The minimum absolute atomic E-state index is 0.0260. The Labute approximate surface area is 131 Å². The molecule has 1 aromatic heterocycles. The molecule has 0 bridgehead atoms. The zero-order valence-corrected chi connectivity index (χ0v) is 12.9. The SMILES string of the molecule is O=C(O)CSc1nc(-c2ccccc2)nc2c1SCCC2. The van der Waals surface area contributed by atoms with Gasteiger partial charge in [0.1, 0.15) is 5.03 Å². The van der Waals surface area contributed by atoms with Gasteiger partial charge in [0.25, 0.3) is 0 Å². The number of thioether (sulfide) groups is 2. The van der Waals surface area contributed by atoms with Crippen LogP contribution in [0.2, 0.25) is 0 Å². The van der Waals surface area contributed by atoms with Crippen molar-refractivity contribution in [2.45, 2.75) is 22.8 Å². The van der Waals surface area contributed by atoms with E-state index in [9.17, 15) is 4.79 Å². The van der Waals surface area contributed by atoms with Gasteiger partial charge in [0.2, 0.25) is 0 Å². The molecule has 0 atom stereocenters. The van der Waals surface area contributed by atoms with Crippen LogP contribution >= 0.6 is 23.5 Å². The van der Waals surface area contributed by atoms with Crippen molar-refractivity contribution >= 4 is 29.5 Å². The van der Waals surface area contributed by atoms with Crippen LogP contribution < -0.4 is 0 Å². The van der Waals surface area contributed by atoms with E-state index >= 15 is 0 Å². The average Bonchev–Trinajstić information content (AvgIpc) is 2.53. The van der Waals surface area contributed by atoms with Crippen LogP contribution in [-0.2, 0) is 11.2 Å². The van der Waals surface area contributed by atoms with E-state index in [0.717, 1.165) is 39.8 Å². The Hall–Kier alpha value is -1.53. The van der Waals surface area contributed by atoms with Crippen LogP contribution in [0.5, 0.6) is 0 Å². The largest absolute Gasteiger partial charge is 0.481 e. The first kappa shape index (κ1) is 14.4. The van der Waals surface area contributed by atoms with E-state index in [1.54, 1.807) is 11.8 Å². The highest BCUT2D eigenvalue weighted by atomic mass is 32.2. The van der Waals surface area contributed by atoms with E-state index in [2.05, 4.69) is 9.97 Å². The number of fused-ring (bicyclic) bond motifs is 1. The quantitative estimate of drug-likeness (QED) is 0.689. The van der Waals surface area contributed by atoms with Crippen LogP contribution in [-0.4, -0.2) is 32.5 Å². The fourth-order valence-electron chi connectivity index (χ4n) is 2.15. The fraction of sp³-hybridized carbons (Fsp3) is 0.267. The van der Waals surface area contributed by atoms with Crippen molar-refractivity contribution in [1.29, 1.82) is 0 Å². The summed E-state index contributed by atoms with van der Waals surface area (Å²) in [5.74, 6) is 0.930. The molecule has 0 amide bonds. The van der Waals surface area contributed by atoms with Crippen molar-refractivity contribution in [3.8, 4) is 11.4 Å². The molecule has 1 N–H and O–H groups in total. The van der Waals surface area contributed by atoms with Gasteiger partial charge in [-0.2, -0.15) is 0 Å². The zero-order valence-electron chi connectivity index (χ0n) is 11.3. The first-order valence-electron chi connectivity index (χ1n) is 6.68. The summed E-state index contributed by atoms with van der Waals surface area (Å²) in [5, 5.41) is 9.69. The highest BCUT2D eigenvalue weighted by Gasteiger charge is 2.20. The molecule has 0 radical (unpaired) electrons. The predicted octanol–water partition coefficient (Wildman–Crippen LogP) is 3.36. The van der Waals surface area contributed by atoms with Gasteiger partial charge in [-0.3, -0.25) is 4.79 Å². The molecule has 2 aromatic rings. The van der Waals surface area contributed by atoms with E-state index < -0.39 is 5.97 Å². The van der Waals surface area contributed by atoms with Crippen LogP contribution in [0.4, 0.5) is 0 Å². The van der Waals surface area contributed by atoms with Gasteiger partial charge in [0.05, 0.1) is 16.3 Å². The fourth-order valence-corrected chi connectivity index (χ4v) is 4.14. The number of aliphatic carboxylic acids is 1. The minimum atomic E-state index is -0.825. The normalized spacial score (nSPS) is 13.7. The number of rotatable bonds is 4. The van der Waals surface area contributed by atoms with Crippen molar-refractivity contribution in [3.05, 3.63) is 36.0 Å². The summed E-state index contributed by atoms with van der Waals surface area (Å²) >= 11 is 3.01. The Bertz CT molecular complexity index is 662. The molecule has 6 heteroatoms. The third-order valence-corrected chi connectivity index (χ3v) is 5.37. The maximum Gasteiger partial charge on any atom is 0.313 e. The first-order valence-corrected chi connectivity index (χ1v) is 8.65. The zero-order chi connectivity index (χ0) is 14.7. The number of aryl methyl sites for hydroxylation is 1. The second-order valence-corrected chi connectivity index (χ2v) is 6.70. The molecule has 108 valence electrons. The molecule has 2 heterocycles. The van der Waals surface area contributed by atoms with Gasteiger partial charge >= 0.3 is 5.97 Å². The molecule has 3 rings (SSSR count). The smallest absolute Gasteiger partial charge is 0.313 e. The van der Waals surface area contributed by atoms with Crippen LogP contribution in [0.15, 0.2) is 40.3 Å². The molecule has 4 nitrogen and oxygen atoms in total. The molecule has 1 aromatic carbocycles. The van der Waals surface area contributed by atoms with E-state index in [-0.39, 0.29) is 5.75 Å². The van der Waals surface area contributed by atoms with Gasteiger partial charge in [0, 0.05) is 5.56 Å². The number of benzene rings is 1. The Balaban J connectivity index is 2.02. The summed E-state index contributed by atoms with van der Waals surface area (Å²) in [4.78, 5) is 21.2. The number of carboxylic acid groups (broad SMARTS) is 1. The molecule has 21 heavy (non-hydrogen) atoms. The van der Waals surface area contributed by atoms with Gasteiger partial charge in [-0.1, -0.05) is 42.1 Å². The predicted molar refractivity (Wildman–Crippen MR) is 84.9 cm³/mol. The van der Waals surface area contributed by atoms with Gasteiger partial charge in [-0.25, -0.2) is 9.97 Å². The molecule has 0 aliphatic carbocycles. The highest BCUT2D eigenvalue weighted by molar-refractivity contribution is 8.02. The van der Waals surface area contributed by atoms with Gasteiger partial charge in [0.15, 0.2) is 5.82 Å². The molecule has 0 spiro atoms. The topological polar surface area (TPSA) is 63.1 Å². The lowest BCUT2D eigenvalue weighted by Crippen LogP contribution is -2.08. The van der Waals surface area contributed by atoms with Crippen molar-refractivity contribution in [3.63, 3.8) is 0 Å². The van der Waals surface area contributed by atoms with Crippen molar-refractivity contribution < 1.29 is 9.90 Å². The summed E-state index contributed by atoms with van der Waals surface area (Å²) in [7, 11) is 0. The van der Waals surface area contributed by atoms with Crippen LogP contribution in [0, 0.1) is 0 Å². The second kappa shape index (κ2) is 6.49. The van der Waals surface area contributed by atoms with E-state index in [1.165, 1.54) is 11.8 Å². The first-order chi connectivity index (χ1) is 10.2. The third kappa shape index (κ3) is 3.39.